The van der Waals surface area contributed by atoms with Gasteiger partial charge in [0.2, 0.25) is 0 Å². The number of nitrogens with one attached hydrogen (secondary N) is 1. The fourth-order valence-corrected chi connectivity index (χ4v) is 4.42. The zero-order chi connectivity index (χ0) is 24.0. The fourth-order valence-electron chi connectivity index (χ4n) is 3.32. The molecule has 1 heterocycles. The summed E-state index contributed by atoms with van der Waals surface area (Å²) in [5.41, 5.74) is 2.06. The zero-order valence-corrected chi connectivity index (χ0v) is 20.5. The Hall–Kier alpha value is -2.97. The molecule has 2 aromatic carbocycles. The molecule has 2 aromatic rings. The number of anilines is 1. The lowest BCUT2D eigenvalue weighted by atomic mass is 10.1. The van der Waals surface area contributed by atoms with Crippen LogP contribution in [0.15, 0.2) is 46.2 Å². The highest BCUT2D eigenvalue weighted by Crippen LogP contribution is 2.42. The van der Waals surface area contributed by atoms with Crippen molar-refractivity contribution < 1.29 is 23.8 Å². The predicted octanol–water partition coefficient (Wildman–Crippen LogP) is 4.36. The van der Waals surface area contributed by atoms with E-state index in [9.17, 15) is 9.59 Å². The number of hydrogen-bond donors (Lipinski definition) is 1. The predicted molar refractivity (Wildman–Crippen MR) is 131 cm³/mol. The third-order valence-electron chi connectivity index (χ3n) is 5.08. The third-order valence-corrected chi connectivity index (χ3v) is 6.16. The fraction of sp³-hybridized carbons (Fsp3) is 0.360. The quantitative estimate of drug-likeness (QED) is 0.434. The molecule has 8 heteroatoms. The lowest BCUT2D eigenvalue weighted by molar-refractivity contribution is -0.114. The molecular weight excluding hydrogens is 440 g/mol. The number of likely N-dealkylation sites (N-methyl/N-ethyl adjacent to an activating group) is 1. The first-order valence-corrected chi connectivity index (χ1v) is 11.6. The van der Waals surface area contributed by atoms with Crippen LogP contribution in [0, 0.1) is 0 Å². The number of rotatable bonds is 9. The molecular formula is C25H30N2O5S. The van der Waals surface area contributed by atoms with E-state index < -0.39 is 0 Å². The summed E-state index contributed by atoms with van der Waals surface area (Å²) in [7, 11) is 4.87. The van der Waals surface area contributed by atoms with Gasteiger partial charge in [-0.2, -0.15) is 0 Å². The molecule has 176 valence electrons. The van der Waals surface area contributed by atoms with E-state index in [4.69, 9.17) is 14.2 Å². The summed E-state index contributed by atoms with van der Waals surface area (Å²) < 4.78 is 16.1. The minimum Gasteiger partial charge on any atom is -0.493 e. The van der Waals surface area contributed by atoms with Gasteiger partial charge in [-0.15, -0.1) is 0 Å². The largest absolute Gasteiger partial charge is 0.493 e. The molecule has 0 fully saturated rings. The Bertz CT molecular complexity index is 1050. The molecule has 0 radical (unpaired) electrons. The van der Waals surface area contributed by atoms with Gasteiger partial charge in [0.05, 0.1) is 30.9 Å². The van der Waals surface area contributed by atoms with Crippen molar-refractivity contribution >= 4 is 35.3 Å². The van der Waals surface area contributed by atoms with Crippen LogP contribution in [0.5, 0.6) is 11.5 Å². The molecule has 1 N–H and O–H groups in total. The van der Waals surface area contributed by atoms with Gasteiger partial charge in [0.1, 0.15) is 0 Å². The number of methoxy groups -OCH3 is 2. The van der Waals surface area contributed by atoms with E-state index >= 15 is 0 Å². The molecule has 3 rings (SSSR count). The normalized spacial score (nSPS) is 14.4. The van der Waals surface area contributed by atoms with Crippen LogP contribution in [0.1, 0.15) is 36.2 Å². The van der Waals surface area contributed by atoms with Crippen LogP contribution in [0.3, 0.4) is 0 Å². The standard InChI is InChI=1S/C25H30N2O5S/c1-16(2)32-12-6-11-26-24(28)18-8-10-22-19(15-18)27(3)25(29)23(33-22)14-17-7-9-20(30-4)21(13-17)31-5/h7-10,13-16H,6,11-12H2,1-5H3,(H,26,28). The number of ether oxygens (including phenoxy) is 3. The molecule has 0 atom stereocenters. The van der Waals surface area contributed by atoms with Crippen LogP contribution in [-0.4, -0.2) is 52.3 Å². The number of nitrogens with zero attached hydrogens (tertiary/aromatic N) is 1. The Labute approximate surface area is 199 Å². The summed E-state index contributed by atoms with van der Waals surface area (Å²) in [6.45, 7) is 5.10. The van der Waals surface area contributed by atoms with Gasteiger partial charge in [0, 0.05) is 30.7 Å². The second-order valence-corrected chi connectivity index (χ2v) is 8.88. The summed E-state index contributed by atoms with van der Waals surface area (Å²) >= 11 is 1.38. The SMILES string of the molecule is COc1ccc(C=C2Sc3ccc(C(=O)NCCCOC(C)C)cc3N(C)C2=O)cc1OC. The van der Waals surface area contributed by atoms with E-state index in [0.717, 1.165) is 16.9 Å². The van der Waals surface area contributed by atoms with Crippen LogP contribution in [-0.2, 0) is 9.53 Å². The molecule has 0 saturated carbocycles. The van der Waals surface area contributed by atoms with Gasteiger partial charge in [-0.05, 0) is 62.2 Å². The maximum atomic E-state index is 13.0. The Morgan fingerprint density at radius 1 is 1.12 bits per heavy atom. The van der Waals surface area contributed by atoms with Crippen molar-refractivity contribution in [3.8, 4) is 11.5 Å². The van der Waals surface area contributed by atoms with Crippen LogP contribution in [0.2, 0.25) is 0 Å². The number of carbonyl (C=O) groups excluding carboxylic acids is 2. The number of fused-ring (bicyclic) bond motifs is 1. The zero-order valence-electron chi connectivity index (χ0n) is 19.6. The summed E-state index contributed by atoms with van der Waals surface area (Å²) in [5.74, 6) is 0.925. The maximum absolute atomic E-state index is 13.0. The highest BCUT2D eigenvalue weighted by Gasteiger charge is 2.27. The minimum absolute atomic E-state index is 0.134. The number of amides is 2. The first kappa shape index (κ1) is 24.7. The Morgan fingerprint density at radius 3 is 2.58 bits per heavy atom. The molecule has 1 aliphatic rings. The molecule has 0 spiro atoms. The van der Waals surface area contributed by atoms with Gasteiger partial charge in [-0.25, -0.2) is 0 Å². The molecule has 1 aliphatic heterocycles. The van der Waals surface area contributed by atoms with Gasteiger partial charge in [0.25, 0.3) is 11.8 Å². The van der Waals surface area contributed by atoms with Gasteiger partial charge in [-0.1, -0.05) is 17.8 Å². The van der Waals surface area contributed by atoms with Crippen LogP contribution < -0.4 is 19.7 Å². The lowest BCUT2D eigenvalue weighted by Crippen LogP contribution is -2.31. The number of carbonyl (C=O) groups is 2. The Balaban J connectivity index is 1.74. The van der Waals surface area contributed by atoms with Crippen molar-refractivity contribution in [2.75, 3.05) is 39.3 Å². The average molecular weight is 471 g/mol. The van der Waals surface area contributed by atoms with E-state index in [1.807, 2.05) is 38.1 Å². The van der Waals surface area contributed by atoms with Gasteiger partial charge >= 0.3 is 0 Å². The first-order chi connectivity index (χ1) is 15.8. The van der Waals surface area contributed by atoms with E-state index in [-0.39, 0.29) is 17.9 Å². The first-order valence-electron chi connectivity index (χ1n) is 10.8. The lowest BCUT2D eigenvalue weighted by Gasteiger charge is -2.27. The average Bonchev–Trinajstić information content (AvgIpc) is 2.81. The molecule has 0 saturated heterocycles. The second kappa shape index (κ2) is 11.2. The maximum Gasteiger partial charge on any atom is 0.264 e. The monoisotopic (exact) mass is 470 g/mol. The number of benzene rings is 2. The number of hydrogen-bond acceptors (Lipinski definition) is 6. The third kappa shape index (κ3) is 6.09. The van der Waals surface area contributed by atoms with Crippen LogP contribution >= 0.6 is 11.8 Å². The molecule has 7 nitrogen and oxygen atoms in total. The van der Waals surface area contributed by atoms with Crippen molar-refractivity contribution in [1.29, 1.82) is 0 Å². The molecule has 0 bridgehead atoms. The number of thioether (sulfide) groups is 1. The minimum atomic E-state index is -0.167. The van der Waals surface area contributed by atoms with E-state index in [1.54, 1.807) is 44.4 Å². The van der Waals surface area contributed by atoms with Crippen LogP contribution in [0.4, 0.5) is 5.69 Å². The second-order valence-electron chi connectivity index (χ2n) is 7.80. The Kier molecular flexibility index (Phi) is 8.41. The van der Waals surface area contributed by atoms with Gasteiger partial charge in [0.15, 0.2) is 11.5 Å². The summed E-state index contributed by atoms with van der Waals surface area (Å²) in [6.07, 6.45) is 2.75. The van der Waals surface area contributed by atoms with Crippen molar-refractivity contribution in [3.05, 3.63) is 52.4 Å². The van der Waals surface area contributed by atoms with E-state index in [2.05, 4.69) is 5.32 Å². The van der Waals surface area contributed by atoms with Crippen molar-refractivity contribution in [3.63, 3.8) is 0 Å². The Morgan fingerprint density at radius 2 is 1.88 bits per heavy atom. The topological polar surface area (TPSA) is 77.1 Å². The molecule has 0 aromatic heterocycles. The molecule has 0 unspecified atom stereocenters. The van der Waals surface area contributed by atoms with Crippen LogP contribution in [0.25, 0.3) is 6.08 Å². The summed E-state index contributed by atoms with van der Waals surface area (Å²) in [6, 6.07) is 10.9. The molecule has 0 aliphatic carbocycles. The van der Waals surface area contributed by atoms with Crippen molar-refractivity contribution in [2.45, 2.75) is 31.3 Å². The van der Waals surface area contributed by atoms with E-state index in [1.165, 1.54) is 11.8 Å². The van der Waals surface area contributed by atoms with Gasteiger partial charge in [-0.3, -0.25) is 9.59 Å². The van der Waals surface area contributed by atoms with Crippen molar-refractivity contribution in [2.24, 2.45) is 0 Å². The highest BCUT2D eigenvalue weighted by atomic mass is 32.2. The summed E-state index contributed by atoms with van der Waals surface area (Å²) in [4.78, 5) is 28.6. The van der Waals surface area contributed by atoms with Crippen molar-refractivity contribution in [1.82, 2.24) is 5.32 Å². The highest BCUT2D eigenvalue weighted by molar-refractivity contribution is 8.04. The molecule has 33 heavy (non-hydrogen) atoms. The van der Waals surface area contributed by atoms with E-state index in [0.29, 0.717) is 40.8 Å². The smallest absolute Gasteiger partial charge is 0.264 e. The molecule has 2 amide bonds. The van der Waals surface area contributed by atoms with Gasteiger partial charge < -0.3 is 24.4 Å². The summed E-state index contributed by atoms with van der Waals surface area (Å²) in [5, 5.41) is 2.90.